The Bertz CT molecular complexity index is 1100. The number of aryl methyl sites for hydroxylation is 1. The lowest BCUT2D eigenvalue weighted by Crippen LogP contribution is -2.24. The van der Waals surface area contributed by atoms with Crippen LogP contribution >= 0.6 is 0 Å². The third-order valence-corrected chi connectivity index (χ3v) is 6.80. The highest BCUT2D eigenvalue weighted by atomic mass is 32.2. The van der Waals surface area contributed by atoms with E-state index in [1.54, 1.807) is 32.4 Å². The maximum Gasteiger partial charge on any atom is 0.306 e. The van der Waals surface area contributed by atoms with Gasteiger partial charge in [-0.05, 0) is 86.7 Å². The Morgan fingerprint density at radius 2 is 1.74 bits per heavy atom. The summed E-state index contributed by atoms with van der Waals surface area (Å²) in [6.07, 6.45) is 5.84. The SMILES string of the molecule is COc1cc2c(cc1OC)CC(=O)C(CCCN(C)CCc1cccc(OS(C)(=O)=O)c1)CC2. The number of carbonyl (C=O) groups is 1. The van der Waals surface area contributed by atoms with E-state index >= 15 is 0 Å². The average molecular weight is 490 g/mol. The summed E-state index contributed by atoms with van der Waals surface area (Å²) in [6, 6.07) is 11.1. The zero-order chi connectivity index (χ0) is 24.7. The van der Waals surface area contributed by atoms with Gasteiger partial charge in [0, 0.05) is 18.9 Å². The second-order valence-electron chi connectivity index (χ2n) is 8.98. The molecule has 8 heteroatoms. The smallest absolute Gasteiger partial charge is 0.306 e. The van der Waals surface area contributed by atoms with Crippen LogP contribution in [-0.4, -0.2) is 59.7 Å². The Labute approximate surface area is 203 Å². The van der Waals surface area contributed by atoms with Crippen molar-refractivity contribution in [3.63, 3.8) is 0 Å². The molecule has 0 bridgehead atoms. The van der Waals surface area contributed by atoms with Crippen molar-refractivity contribution in [3.05, 3.63) is 53.1 Å². The van der Waals surface area contributed by atoms with E-state index in [0.717, 1.165) is 62.6 Å². The lowest BCUT2D eigenvalue weighted by atomic mass is 9.93. The lowest BCUT2D eigenvalue weighted by Gasteiger charge is -2.19. The van der Waals surface area contributed by atoms with Crippen molar-refractivity contribution < 1.29 is 26.9 Å². The Morgan fingerprint density at radius 3 is 2.41 bits per heavy atom. The minimum absolute atomic E-state index is 0.0719. The number of nitrogens with zero attached hydrogens (tertiary/aromatic N) is 1. The molecule has 7 nitrogen and oxygen atoms in total. The summed E-state index contributed by atoms with van der Waals surface area (Å²) in [4.78, 5) is 15.2. The molecule has 0 heterocycles. The topological polar surface area (TPSA) is 82.1 Å². The summed E-state index contributed by atoms with van der Waals surface area (Å²) >= 11 is 0. The third-order valence-electron chi connectivity index (χ3n) is 6.31. The third kappa shape index (κ3) is 7.46. The van der Waals surface area contributed by atoms with Gasteiger partial charge in [-0.2, -0.15) is 8.42 Å². The fraction of sp³-hybridized carbons (Fsp3) is 0.500. The summed E-state index contributed by atoms with van der Waals surface area (Å²) < 4.78 is 38.4. The first kappa shape index (κ1) is 26.0. The lowest BCUT2D eigenvalue weighted by molar-refractivity contribution is -0.122. The first-order valence-electron chi connectivity index (χ1n) is 11.6. The van der Waals surface area contributed by atoms with Crippen molar-refractivity contribution in [1.82, 2.24) is 4.90 Å². The van der Waals surface area contributed by atoms with Gasteiger partial charge in [-0.1, -0.05) is 12.1 Å². The summed E-state index contributed by atoms with van der Waals surface area (Å²) in [5, 5.41) is 0. The fourth-order valence-electron chi connectivity index (χ4n) is 4.46. The van der Waals surface area contributed by atoms with Crippen LogP contribution in [0.4, 0.5) is 0 Å². The van der Waals surface area contributed by atoms with Gasteiger partial charge in [-0.3, -0.25) is 4.79 Å². The van der Waals surface area contributed by atoms with E-state index in [9.17, 15) is 13.2 Å². The largest absolute Gasteiger partial charge is 0.493 e. The first-order chi connectivity index (χ1) is 16.2. The predicted octanol–water partition coefficient (Wildman–Crippen LogP) is 3.67. The number of Topliss-reactive ketones (excluding diaryl/α,β-unsaturated/α-hetero) is 1. The van der Waals surface area contributed by atoms with Crippen LogP contribution in [0.25, 0.3) is 0 Å². The molecule has 2 aromatic rings. The number of ether oxygens (including phenoxy) is 2. The molecule has 34 heavy (non-hydrogen) atoms. The zero-order valence-electron chi connectivity index (χ0n) is 20.5. The van der Waals surface area contributed by atoms with Crippen molar-refractivity contribution in [3.8, 4) is 17.2 Å². The molecule has 0 saturated carbocycles. The second-order valence-corrected chi connectivity index (χ2v) is 10.6. The van der Waals surface area contributed by atoms with E-state index in [4.69, 9.17) is 13.7 Å². The van der Waals surface area contributed by atoms with Crippen LogP contribution in [-0.2, 0) is 34.2 Å². The molecule has 0 spiro atoms. The van der Waals surface area contributed by atoms with E-state index in [1.807, 2.05) is 18.2 Å². The summed E-state index contributed by atoms with van der Waals surface area (Å²) in [5.41, 5.74) is 3.24. The van der Waals surface area contributed by atoms with Crippen LogP contribution in [0.2, 0.25) is 0 Å². The molecule has 1 aliphatic carbocycles. The van der Waals surface area contributed by atoms with Gasteiger partial charge in [0.15, 0.2) is 11.5 Å². The monoisotopic (exact) mass is 489 g/mol. The number of ketones is 1. The van der Waals surface area contributed by atoms with Crippen LogP contribution in [0, 0.1) is 5.92 Å². The molecule has 186 valence electrons. The predicted molar refractivity (Wildman–Crippen MR) is 132 cm³/mol. The molecular formula is C26H35NO6S. The number of hydrogen-bond acceptors (Lipinski definition) is 7. The average Bonchev–Trinajstić information content (AvgIpc) is 2.93. The Morgan fingerprint density at radius 1 is 1.03 bits per heavy atom. The standard InChI is InChI=1S/C26H35NO6S/c1-27(14-12-19-7-5-9-23(15-19)33-34(4,29)30)13-6-8-20-10-11-21-17-25(31-2)26(32-3)18-22(21)16-24(20)28/h5,7,9,15,17-18,20H,6,8,10-14,16H2,1-4H3. The van der Waals surface area contributed by atoms with E-state index in [0.29, 0.717) is 29.5 Å². The Balaban J connectivity index is 1.47. The van der Waals surface area contributed by atoms with Crippen molar-refractivity contribution in [2.24, 2.45) is 5.92 Å². The van der Waals surface area contributed by atoms with Crippen molar-refractivity contribution in [1.29, 1.82) is 0 Å². The molecule has 1 aliphatic rings. The maximum absolute atomic E-state index is 12.9. The van der Waals surface area contributed by atoms with E-state index in [-0.39, 0.29) is 5.92 Å². The molecule has 0 aliphatic heterocycles. The van der Waals surface area contributed by atoms with Gasteiger partial charge >= 0.3 is 10.1 Å². The van der Waals surface area contributed by atoms with Crippen molar-refractivity contribution in [2.75, 3.05) is 40.6 Å². The molecular weight excluding hydrogens is 454 g/mol. The summed E-state index contributed by atoms with van der Waals surface area (Å²) in [5.74, 6) is 2.09. The molecule has 0 amide bonds. The number of hydrogen-bond donors (Lipinski definition) is 0. The molecule has 0 saturated heterocycles. The van der Waals surface area contributed by atoms with Crippen molar-refractivity contribution in [2.45, 2.75) is 38.5 Å². The van der Waals surface area contributed by atoms with E-state index in [2.05, 4.69) is 11.9 Å². The first-order valence-corrected chi connectivity index (χ1v) is 13.4. The van der Waals surface area contributed by atoms with Gasteiger partial charge in [-0.15, -0.1) is 0 Å². The van der Waals surface area contributed by atoms with E-state index in [1.165, 1.54) is 5.56 Å². The molecule has 2 aromatic carbocycles. The second kappa shape index (κ2) is 11.7. The number of methoxy groups -OCH3 is 2. The number of likely N-dealkylation sites (N-methyl/N-ethyl adjacent to an activating group) is 1. The van der Waals surface area contributed by atoms with Gasteiger partial charge in [-0.25, -0.2) is 0 Å². The summed E-state index contributed by atoms with van der Waals surface area (Å²) in [6.45, 7) is 1.74. The Hall–Kier alpha value is -2.58. The molecule has 1 atom stereocenters. The summed E-state index contributed by atoms with van der Waals surface area (Å²) in [7, 11) is 1.78. The minimum atomic E-state index is -3.53. The van der Waals surface area contributed by atoms with Gasteiger partial charge in [0.25, 0.3) is 0 Å². The highest BCUT2D eigenvalue weighted by molar-refractivity contribution is 7.86. The molecule has 0 fully saturated rings. The van der Waals surface area contributed by atoms with Gasteiger partial charge < -0.3 is 18.6 Å². The Kier molecular flexibility index (Phi) is 8.97. The normalized spacial score (nSPS) is 16.1. The van der Waals surface area contributed by atoms with E-state index < -0.39 is 10.1 Å². The molecule has 0 aromatic heterocycles. The number of carbonyl (C=O) groups excluding carboxylic acids is 1. The molecule has 3 rings (SSSR count). The highest BCUT2D eigenvalue weighted by Gasteiger charge is 2.25. The highest BCUT2D eigenvalue weighted by Crippen LogP contribution is 2.34. The number of rotatable bonds is 11. The van der Waals surface area contributed by atoms with Crippen molar-refractivity contribution >= 4 is 15.9 Å². The van der Waals surface area contributed by atoms with Gasteiger partial charge in [0.1, 0.15) is 11.5 Å². The van der Waals surface area contributed by atoms with Crippen LogP contribution in [0.1, 0.15) is 36.0 Å². The zero-order valence-corrected chi connectivity index (χ0v) is 21.3. The quantitative estimate of drug-likeness (QED) is 0.352. The molecule has 0 N–H and O–H groups in total. The molecule has 0 radical (unpaired) electrons. The van der Waals surface area contributed by atoms with Crippen LogP contribution in [0.3, 0.4) is 0 Å². The maximum atomic E-state index is 12.9. The minimum Gasteiger partial charge on any atom is -0.493 e. The van der Waals surface area contributed by atoms with Gasteiger partial charge in [0.05, 0.1) is 20.5 Å². The molecule has 1 unspecified atom stereocenters. The number of benzene rings is 2. The number of fused-ring (bicyclic) bond motifs is 1. The van der Waals surface area contributed by atoms with Crippen LogP contribution in [0.5, 0.6) is 17.2 Å². The van der Waals surface area contributed by atoms with Crippen LogP contribution in [0.15, 0.2) is 36.4 Å². The van der Waals surface area contributed by atoms with Gasteiger partial charge in [0.2, 0.25) is 0 Å². The fourth-order valence-corrected chi connectivity index (χ4v) is 4.91. The van der Waals surface area contributed by atoms with Crippen LogP contribution < -0.4 is 13.7 Å².